The molecule has 0 radical (unpaired) electrons. The van der Waals surface area contributed by atoms with Gasteiger partial charge in [-0.3, -0.25) is 14.5 Å². The monoisotopic (exact) mass is 300 g/mol. The molecule has 21 heavy (non-hydrogen) atoms. The van der Waals surface area contributed by atoms with Crippen LogP contribution in [0.2, 0.25) is 0 Å². The number of piperazine rings is 1. The molecule has 1 fully saturated rings. The molecule has 1 heterocycles. The van der Waals surface area contributed by atoms with Crippen molar-refractivity contribution in [3.8, 4) is 0 Å². The lowest BCUT2D eigenvalue weighted by atomic mass is 10.2. The van der Waals surface area contributed by atoms with Gasteiger partial charge in [-0.2, -0.15) is 0 Å². The number of rotatable bonds is 6. The summed E-state index contributed by atoms with van der Waals surface area (Å²) in [4.78, 5) is 39.1. The lowest BCUT2D eigenvalue weighted by Gasteiger charge is -2.38. The fourth-order valence-corrected chi connectivity index (χ4v) is 2.24. The van der Waals surface area contributed by atoms with Crippen molar-refractivity contribution in [2.24, 2.45) is 5.73 Å². The highest BCUT2D eigenvalue weighted by atomic mass is 16.4. The van der Waals surface area contributed by atoms with Gasteiger partial charge in [-0.1, -0.05) is 0 Å². The van der Waals surface area contributed by atoms with Crippen molar-refractivity contribution in [2.45, 2.75) is 26.3 Å². The number of nitrogens with two attached hydrogens (primary N) is 1. The minimum Gasteiger partial charge on any atom is -0.481 e. The van der Waals surface area contributed by atoms with Gasteiger partial charge in [0, 0.05) is 38.8 Å². The van der Waals surface area contributed by atoms with Crippen LogP contribution in [0.5, 0.6) is 0 Å². The largest absolute Gasteiger partial charge is 0.481 e. The zero-order valence-electron chi connectivity index (χ0n) is 12.6. The first-order valence-corrected chi connectivity index (χ1v) is 7.09. The van der Waals surface area contributed by atoms with E-state index in [-0.39, 0.29) is 25.0 Å². The van der Waals surface area contributed by atoms with Gasteiger partial charge in [0.1, 0.15) is 6.54 Å². The van der Waals surface area contributed by atoms with Crippen LogP contribution in [0.1, 0.15) is 20.3 Å². The van der Waals surface area contributed by atoms with Gasteiger partial charge in [-0.25, -0.2) is 4.79 Å². The third kappa shape index (κ3) is 5.58. The first kappa shape index (κ1) is 17.2. The van der Waals surface area contributed by atoms with Crippen LogP contribution in [0.3, 0.4) is 0 Å². The van der Waals surface area contributed by atoms with E-state index in [1.807, 2.05) is 18.7 Å². The van der Waals surface area contributed by atoms with Gasteiger partial charge < -0.3 is 20.6 Å². The Bertz CT molecular complexity index is 392. The third-order valence-electron chi connectivity index (χ3n) is 3.48. The summed E-state index contributed by atoms with van der Waals surface area (Å²) < 4.78 is 0. The molecule has 3 amide bonds. The van der Waals surface area contributed by atoms with E-state index in [0.717, 1.165) is 0 Å². The number of carbonyl (C=O) groups excluding carboxylic acids is 2. The SMILES string of the molecule is CC(C)N(CC(N)=O)C(=O)N1CCN(CCC(=O)O)CC1. The standard InChI is InChI=1S/C13H24N4O4/c1-10(2)17(9-11(14)18)13(21)16-7-5-15(6-8-16)4-3-12(19)20/h10H,3-9H2,1-2H3,(H2,14,18)(H,19,20). The molecule has 0 spiro atoms. The minimum absolute atomic E-state index is 0.0876. The second-order valence-electron chi connectivity index (χ2n) is 5.44. The Morgan fingerprint density at radius 3 is 2.19 bits per heavy atom. The van der Waals surface area contributed by atoms with Crippen LogP contribution in [0.25, 0.3) is 0 Å². The molecule has 0 saturated carbocycles. The molecule has 0 atom stereocenters. The Hall–Kier alpha value is -1.83. The quantitative estimate of drug-likeness (QED) is 0.681. The minimum atomic E-state index is -0.819. The number of nitrogens with zero attached hydrogens (tertiary/aromatic N) is 3. The molecule has 0 aromatic heterocycles. The molecule has 0 bridgehead atoms. The van der Waals surface area contributed by atoms with Crippen molar-refractivity contribution in [3.63, 3.8) is 0 Å². The van der Waals surface area contributed by atoms with Gasteiger partial charge in [0.15, 0.2) is 0 Å². The first-order chi connectivity index (χ1) is 9.81. The van der Waals surface area contributed by atoms with Crippen LogP contribution in [0, 0.1) is 0 Å². The smallest absolute Gasteiger partial charge is 0.320 e. The molecule has 8 heteroatoms. The number of hydrogen-bond acceptors (Lipinski definition) is 4. The van der Waals surface area contributed by atoms with E-state index in [0.29, 0.717) is 32.7 Å². The van der Waals surface area contributed by atoms with Gasteiger partial charge in [-0.15, -0.1) is 0 Å². The number of hydrogen-bond donors (Lipinski definition) is 2. The number of aliphatic carboxylic acids is 1. The highest BCUT2D eigenvalue weighted by Crippen LogP contribution is 2.09. The Labute approximate surface area is 124 Å². The normalized spacial score (nSPS) is 16.0. The predicted octanol–water partition coefficient (Wildman–Crippen LogP) is -0.606. The average Bonchev–Trinajstić information content (AvgIpc) is 2.42. The highest BCUT2D eigenvalue weighted by Gasteiger charge is 2.27. The van der Waals surface area contributed by atoms with Crippen LogP contribution in [-0.4, -0.2) is 83.0 Å². The number of carboxylic acids is 1. The maximum Gasteiger partial charge on any atom is 0.320 e. The molecule has 120 valence electrons. The summed E-state index contributed by atoms with van der Waals surface area (Å²) in [6.45, 7) is 6.42. The van der Waals surface area contributed by atoms with E-state index < -0.39 is 11.9 Å². The maximum atomic E-state index is 12.4. The summed E-state index contributed by atoms with van der Waals surface area (Å²) in [5.74, 6) is -1.35. The molecule has 0 aromatic carbocycles. The molecule has 1 aliphatic heterocycles. The van der Waals surface area contributed by atoms with Crippen LogP contribution in [0.15, 0.2) is 0 Å². The topological polar surface area (TPSA) is 107 Å². The maximum absolute atomic E-state index is 12.4. The lowest BCUT2D eigenvalue weighted by molar-refractivity contribution is -0.137. The summed E-state index contributed by atoms with van der Waals surface area (Å²) in [6.07, 6.45) is 0.105. The van der Waals surface area contributed by atoms with Crippen molar-refractivity contribution in [1.29, 1.82) is 0 Å². The Balaban J connectivity index is 2.49. The second kappa shape index (κ2) is 7.82. The Morgan fingerprint density at radius 1 is 1.19 bits per heavy atom. The highest BCUT2D eigenvalue weighted by molar-refractivity contribution is 5.83. The van der Waals surface area contributed by atoms with Crippen LogP contribution < -0.4 is 5.73 Å². The zero-order chi connectivity index (χ0) is 16.0. The van der Waals surface area contributed by atoms with Crippen LogP contribution in [0.4, 0.5) is 4.79 Å². The van der Waals surface area contributed by atoms with Gasteiger partial charge in [0.25, 0.3) is 0 Å². The molecule has 3 N–H and O–H groups in total. The fourth-order valence-electron chi connectivity index (χ4n) is 2.24. The van der Waals surface area contributed by atoms with Gasteiger partial charge in [-0.05, 0) is 13.8 Å². The summed E-state index contributed by atoms with van der Waals surface area (Å²) in [5, 5.41) is 8.66. The van der Waals surface area contributed by atoms with E-state index in [1.165, 1.54) is 4.90 Å². The van der Waals surface area contributed by atoms with E-state index in [4.69, 9.17) is 10.8 Å². The molecule has 0 aliphatic carbocycles. The summed E-state index contributed by atoms with van der Waals surface area (Å²) >= 11 is 0. The van der Waals surface area contributed by atoms with Gasteiger partial charge >= 0.3 is 12.0 Å². The van der Waals surface area contributed by atoms with E-state index >= 15 is 0 Å². The van der Waals surface area contributed by atoms with Crippen molar-refractivity contribution in [3.05, 3.63) is 0 Å². The number of urea groups is 1. The lowest BCUT2D eigenvalue weighted by Crippen LogP contribution is -2.55. The van der Waals surface area contributed by atoms with E-state index in [2.05, 4.69) is 0 Å². The number of carboxylic acid groups (broad SMARTS) is 1. The van der Waals surface area contributed by atoms with Crippen molar-refractivity contribution >= 4 is 17.9 Å². The predicted molar refractivity (Wildman–Crippen MR) is 76.7 cm³/mol. The number of amides is 3. The molecule has 1 rings (SSSR count). The Kier molecular flexibility index (Phi) is 6.41. The first-order valence-electron chi connectivity index (χ1n) is 7.09. The molecule has 0 unspecified atom stereocenters. The molecule has 8 nitrogen and oxygen atoms in total. The fraction of sp³-hybridized carbons (Fsp3) is 0.769. The van der Waals surface area contributed by atoms with Gasteiger partial charge in [0.2, 0.25) is 5.91 Å². The average molecular weight is 300 g/mol. The van der Waals surface area contributed by atoms with Gasteiger partial charge in [0.05, 0.1) is 6.42 Å². The molecule has 1 saturated heterocycles. The second-order valence-corrected chi connectivity index (χ2v) is 5.44. The van der Waals surface area contributed by atoms with Crippen LogP contribution >= 0.6 is 0 Å². The summed E-state index contributed by atoms with van der Waals surface area (Å²) in [7, 11) is 0. The number of primary amides is 1. The molecular weight excluding hydrogens is 276 g/mol. The van der Waals surface area contributed by atoms with Crippen molar-refractivity contribution in [1.82, 2.24) is 14.7 Å². The molecule has 1 aliphatic rings. The number of carbonyl (C=O) groups is 3. The molecular formula is C13H24N4O4. The third-order valence-corrected chi connectivity index (χ3v) is 3.48. The zero-order valence-corrected chi connectivity index (χ0v) is 12.6. The van der Waals surface area contributed by atoms with Crippen LogP contribution in [-0.2, 0) is 9.59 Å². The summed E-state index contributed by atoms with van der Waals surface area (Å²) in [6, 6.07) is -0.295. The van der Waals surface area contributed by atoms with E-state index in [9.17, 15) is 14.4 Å². The summed E-state index contributed by atoms with van der Waals surface area (Å²) in [5.41, 5.74) is 5.17. The van der Waals surface area contributed by atoms with Crippen molar-refractivity contribution < 1.29 is 19.5 Å². The Morgan fingerprint density at radius 2 is 1.76 bits per heavy atom. The molecule has 0 aromatic rings. The van der Waals surface area contributed by atoms with Crippen molar-refractivity contribution in [2.75, 3.05) is 39.3 Å². The van der Waals surface area contributed by atoms with E-state index in [1.54, 1.807) is 4.90 Å².